The van der Waals surface area contributed by atoms with Crippen molar-refractivity contribution in [2.24, 2.45) is 18.4 Å². The van der Waals surface area contributed by atoms with E-state index in [9.17, 15) is 5.11 Å². The first-order chi connectivity index (χ1) is 8.46. The molecule has 1 saturated carbocycles. The lowest BCUT2D eigenvalue weighted by Gasteiger charge is -2.35. The standard InChI is InChI=1S/C13H22BrN3O/c1-9(2)8-13(6-4-5-7-13)11(18)10-12(14)15-16-17(10)3/h9,11,18H,4-8H2,1-3H3. The van der Waals surface area contributed by atoms with Gasteiger partial charge in [-0.3, -0.25) is 0 Å². The fourth-order valence-electron chi connectivity index (χ4n) is 3.40. The summed E-state index contributed by atoms with van der Waals surface area (Å²) in [5.74, 6) is 0.595. The third-order valence-corrected chi connectivity index (χ3v) is 4.64. The first kappa shape index (κ1) is 14.0. The fraction of sp³-hybridized carbons (Fsp3) is 0.846. The Balaban J connectivity index is 2.31. The molecule has 1 unspecified atom stereocenters. The summed E-state index contributed by atoms with van der Waals surface area (Å²) in [6.07, 6.45) is 5.22. The highest BCUT2D eigenvalue weighted by molar-refractivity contribution is 9.10. The minimum Gasteiger partial charge on any atom is -0.386 e. The fourth-order valence-corrected chi connectivity index (χ4v) is 3.94. The van der Waals surface area contributed by atoms with E-state index < -0.39 is 6.10 Å². The number of aromatic nitrogens is 3. The Bertz CT molecular complexity index is 391. The van der Waals surface area contributed by atoms with E-state index in [1.54, 1.807) is 4.68 Å². The van der Waals surface area contributed by atoms with Crippen LogP contribution in [0.3, 0.4) is 0 Å². The normalized spacial score (nSPS) is 20.6. The van der Waals surface area contributed by atoms with Crippen molar-refractivity contribution in [3.05, 3.63) is 10.3 Å². The van der Waals surface area contributed by atoms with Gasteiger partial charge < -0.3 is 5.11 Å². The van der Waals surface area contributed by atoms with Crippen molar-refractivity contribution >= 4 is 15.9 Å². The number of hydrogen-bond donors (Lipinski definition) is 1. The Labute approximate surface area is 117 Å². The van der Waals surface area contributed by atoms with E-state index in [1.165, 1.54) is 12.8 Å². The van der Waals surface area contributed by atoms with Crippen LogP contribution in [0.5, 0.6) is 0 Å². The number of aliphatic hydroxyl groups is 1. The SMILES string of the molecule is CC(C)CC1(C(O)c2c(Br)nnn2C)CCCC1. The average molecular weight is 316 g/mol. The third-order valence-electron chi connectivity index (χ3n) is 4.08. The summed E-state index contributed by atoms with van der Waals surface area (Å²) in [6.45, 7) is 4.45. The molecule has 1 aliphatic carbocycles. The predicted molar refractivity (Wildman–Crippen MR) is 74.0 cm³/mol. The molecular formula is C13H22BrN3O. The molecule has 4 nitrogen and oxygen atoms in total. The number of rotatable bonds is 4. The number of halogens is 1. The Hall–Kier alpha value is -0.420. The molecule has 102 valence electrons. The molecule has 0 spiro atoms. The molecule has 2 rings (SSSR count). The zero-order valence-corrected chi connectivity index (χ0v) is 12.9. The van der Waals surface area contributed by atoms with Gasteiger partial charge in [0.15, 0.2) is 4.60 Å². The van der Waals surface area contributed by atoms with Crippen LogP contribution in [-0.4, -0.2) is 20.1 Å². The summed E-state index contributed by atoms with van der Waals surface area (Å²) in [5.41, 5.74) is 0.823. The van der Waals surface area contributed by atoms with Gasteiger partial charge in [0.25, 0.3) is 0 Å². The lowest BCUT2D eigenvalue weighted by molar-refractivity contribution is 0.00507. The van der Waals surface area contributed by atoms with Gasteiger partial charge in [-0.2, -0.15) is 0 Å². The summed E-state index contributed by atoms with van der Waals surface area (Å²) < 4.78 is 2.36. The third kappa shape index (κ3) is 2.48. The zero-order valence-electron chi connectivity index (χ0n) is 11.4. The Morgan fingerprint density at radius 2 is 2.00 bits per heavy atom. The molecule has 0 bridgehead atoms. The van der Waals surface area contributed by atoms with Crippen molar-refractivity contribution < 1.29 is 5.11 Å². The molecule has 0 saturated heterocycles. The summed E-state index contributed by atoms with van der Waals surface area (Å²) >= 11 is 3.40. The van der Waals surface area contributed by atoms with Gasteiger partial charge in [0.2, 0.25) is 0 Å². The molecule has 0 radical (unpaired) electrons. The van der Waals surface area contributed by atoms with Crippen LogP contribution >= 0.6 is 15.9 Å². The molecule has 1 fully saturated rings. The molecule has 18 heavy (non-hydrogen) atoms. The minimum atomic E-state index is -0.475. The minimum absolute atomic E-state index is 0.00611. The summed E-state index contributed by atoms with van der Waals surface area (Å²) in [5, 5.41) is 18.8. The molecule has 1 aromatic rings. The Morgan fingerprint density at radius 1 is 1.39 bits per heavy atom. The lowest BCUT2D eigenvalue weighted by atomic mass is 9.73. The van der Waals surface area contributed by atoms with E-state index in [-0.39, 0.29) is 5.41 Å². The topological polar surface area (TPSA) is 50.9 Å². The van der Waals surface area contributed by atoms with Crippen LogP contribution in [0.4, 0.5) is 0 Å². The van der Waals surface area contributed by atoms with Crippen LogP contribution in [-0.2, 0) is 7.05 Å². The van der Waals surface area contributed by atoms with Crippen molar-refractivity contribution in [3.8, 4) is 0 Å². The van der Waals surface area contributed by atoms with Crippen LogP contribution in [0, 0.1) is 11.3 Å². The van der Waals surface area contributed by atoms with Crippen LogP contribution < -0.4 is 0 Å². The van der Waals surface area contributed by atoms with Crippen LogP contribution in [0.2, 0.25) is 0 Å². The molecule has 1 aromatic heterocycles. The zero-order chi connectivity index (χ0) is 13.3. The van der Waals surface area contributed by atoms with E-state index >= 15 is 0 Å². The number of hydrogen-bond acceptors (Lipinski definition) is 3. The molecule has 0 amide bonds. The van der Waals surface area contributed by atoms with Crippen molar-refractivity contribution in [2.45, 2.75) is 52.1 Å². The number of aliphatic hydroxyl groups excluding tert-OH is 1. The summed E-state index contributed by atoms with van der Waals surface area (Å²) in [6, 6.07) is 0. The highest BCUT2D eigenvalue weighted by Gasteiger charge is 2.43. The smallest absolute Gasteiger partial charge is 0.154 e. The van der Waals surface area contributed by atoms with Gasteiger partial charge >= 0.3 is 0 Å². The summed E-state index contributed by atoms with van der Waals surface area (Å²) in [7, 11) is 1.84. The van der Waals surface area contributed by atoms with Gasteiger partial charge in [-0.1, -0.05) is 31.9 Å². The second-order valence-corrected chi connectivity index (χ2v) is 6.71. The second-order valence-electron chi connectivity index (χ2n) is 5.96. The second kappa shape index (κ2) is 5.29. The highest BCUT2D eigenvalue weighted by Crippen LogP contribution is 2.52. The maximum absolute atomic E-state index is 10.8. The molecular weight excluding hydrogens is 294 g/mol. The van der Waals surface area contributed by atoms with Gasteiger partial charge in [-0.25, -0.2) is 4.68 Å². The number of nitrogens with zero attached hydrogens (tertiary/aromatic N) is 3. The molecule has 5 heteroatoms. The van der Waals surface area contributed by atoms with Gasteiger partial charge in [0.1, 0.15) is 11.8 Å². The van der Waals surface area contributed by atoms with E-state index in [2.05, 4.69) is 40.1 Å². The van der Waals surface area contributed by atoms with E-state index in [0.717, 1.165) is 25.0 Å². The van der Waals surface area contributed by atoms with Gasteiger partial charge in [0, 0.05) is 12.5 Å². The maximum Gasteiger partial charge on any atom is 0.154 e. The van der Waals surface area contributed by atoms with Crippen LogP contribution in [0.15, 0.2) is 4.60 Å². The molecule has 1 aliphatic rings. The molecule has 1 atom stereocenters. The lowest BCUT2D eigenvalue weighted by Crippen LogP contribution is -2.29. The maximum atomic E-state index is 10.8. The molecule has 0 aliphatic heterocycles. The average Bonchev–Trinajstić information content (AvgIpc) is 2.86. The van der Waals surface area contributed by atoms with Crippen molar-refractivity contribution in [3.63, 3.8) is 0 Å². The van der Waals surface area contributed by atoms with Gasteiger partial charge in [-0.05, 0) is 41.1 Å². The Kier molecular flexibility index (Phi) is 4.11. The first-order valence-electron chi connectivity index (χ1n) is 6.69. The predicted octanol–water partition coefficient (Wildman–Crippen LogP) is 3.22. The van der Waals surface area contributed by atoms with Crippen molar-refractivity contribution in [1.82, 2.24) is 15.0 Å². The number of aryl methyl sites for hydroxylation is 1. The molecule has 0 aromatic carbocycles. The highest BCUT2D eigenvalue weighted by atomic mass is 79.9. The van der Waals surface area contributed by atoms with E-state index in [1.807, 2.05) is 7.05 Å². The van der Waals surface area contributed by atoms with E-state index in [4.69, 9.17) is 0 Å². The Morgan fingerprint density at radius 3 is 2.44 bits per heavy atom. The van der Waals surface area contributed by atoms with Gasteiger partial charge in [-0.15, -0.1) is 5.10 Å². The monoisotopic (exact) mass is 315 g/mol. The van der Waals surface area contributed by atoms with Crippen LogP contribution in [0.1, 0.15) is 57.7 Å². The first-order valence-corrected chi connectivity index (χ1v) is 7.49. The van der Waals surface area contributed by atoms with Crippen LogP contribution in [0.25, 0.3) is 0 Å². The molecule has 1 heterocycles. The van der Waals surface area contributed by atoms with Crippen molar-refractivity contribution in [1.29, 1.82) is 0 Å². The largest absolute Gasteiger partial charge is 0.386 e. The van der Waals surface area contributed by atoms with E-state index in [0.29, 0.717) is 10.5 Å². The quantitative estimate of drug-likeness (QED) is 0.928. The van der Waals surface area contributed by atoms with Crippen molar-refractivity contribution in [2.75, 3.05) is 0 Å². The van der Waals surface area contributed by atoms with Gasteiger partial charge in [0.05, 0.1) is 0 Å². The molecule has 1 N–H and O–H groups in total. The summed E-state index contributed by atoms with van der Waals surface area (Å²) in [4.78, 5) is 0.